The molecular weight excluding hydrogens is 729 g/mol. The molecule has 56 heavy (non-hydrogen) atoms. The number of alkyl halides is 3. The van der Waals surface area contributed by atoms with E-state index in [0.29, 0.717) is 42.3 Å². The summed E-state index contributed by atoms with van der Waals surface area (Å²) < 4.78 is 33.6. The van der Waals surface area contributed by atoms with Gasteiger partial charge in [0.25, 0.3) is 0 Å². The van der Waals surface area contributed by atoms with Gasteiger partial charge < -0.3 is 35.8 Å². The van der Waals surface area contributed by atoms with Crippen molar-refractivity contribution in [3.8, 4) is 0 Å². The minimum atomic E-state index is -5.08. The monoisotopic (exact) mass is 774 g/mol. The van der Waals surface area contributed by atoms with Crippen molar-refractivity contribution in [3.63, 3.8) is 0 Å². The molecule has 3 heterocycles. The molecule has 1 saturated carbocycles. The number of anilines is 2. The molecule has 5 atom stereocenters. The average molecular weight is 775 g/mol. The highest BCUT2D eigenvalue weighted by molar-refractivity contribution is 5.84. The van der Waals surface area contributed by atoms with E-state index in [-0.39, 0.29) is 17.9 Å². The number of benzene rings is 3. The van der Waals surface area contributed by atoms with Crippen LogP contribution in [0.1, 0.15) is 54.8 Å². The molecule has 16 heteroatoms. The van der Waals surface area contributed by atoms with Crippen molar-refractivity contribution in [2.45, 2.75) is 75.2 Å². The third kappa shape index (κ3) is 9.80. The first kappa shape index (κ1) is 40.1. The second kappa shape index (κ2) is 17.9. The molecule has 6 N–H and O–H groups in total. The maximum Gasteiger partial charge on any atom is 0.490 e. The number of aliphatic carboxylic acids is 1. The third-order valence-corrected chi connectivity index (χ3v) is 10.1. The second-order valence-electron chi connectivity index (χ2n) is 13.9. The van der Waals surface area contributed by atoms with Gasteiger partial charge in [0, 0.05) is 44.6 Å². The zero-order valence-corrected chi connectivity index (χ0v) is 30.7. The van der Waals surface area contributed by atoms with E-state index >= 15 is 0 Å². The summed E-state index contributed by atoms with van der Waals surface area (Å²) in [5.74, 6) is -1.80. The van der Waals surface area contributed by atoms with Crippen LogP contribution in [0, 0.1) is 0 Å². The van der Waals surface area contributed by atoms with Gasteiger partial charge in [-0.3, -0.25) is 9.69 Å². The molecule has 1 aliphatic heterocycles. The van der Waals surface area contributed by atoms with E-state index < -0.39 is 36.4 Å². The Hall–Kier alpha value is -5.58. The highest BCUT2D eigenvalue weighted by atomic mass is 19.4. The zero-order chi connectivity index (χ0) is 39.8. The average Bonchev–Trinajstić information content (AvgIpc) is 3.90. The molecule has 3 aromatic carbocycles. The normalized spacial score (nSPS) is 21.1. The van der Waals surface area contributed by atoms with Crippen molar-refractivity contribution >= 4 is 34.8 Å². The Morgan fingerprint density at radius 1 is 0.911 bits per heavy atom. The van der Waals surface area contributed by atoms with E-state index in [0.717, 1.165) is 26.1 Å². The van der Waals surface area contributed by atoms with E-state index in [4.69, 9.17) is 24.9 Å². The minimum Gasteiger partial charge on any atom is -0.475 e. The maximum atomic E-state index is 12.2. The predicted octanol–water partition coefficient (Wildman–Crippen LogP) is 4.95. The Morgan fingerprint density at radius 3 is 2.11 bits per heavy atom. The van der Waals surface area contributed by atoms with Crippen LogP contribution in [-0.4, -0.2) is 102 Å². The van der Waals surface area contributed by atoms with Crippen LogP contribution in [0.5, 0.6) is 0 Å². The van der Waals surface area contributed by atoms with Crippen LogP contribution in [0.4, 0.5) is 24.9 Å². The zero-order valence-electron chi connectivity index (χ0n) is 30.7. The number of aliphatic hydroxyl groups is 2. The van der Waals surface area contributed by atoms with Crippen LogP contribution in [0.3, 0.4) is 0 Å². The molecule has 1 aliphatic carbocycles. The van der Waals surface area contributed by atoms with Crippen LogP contribution in [-0.2, 0) is 16.1 Å². The number of nitrogens with one attached hydrogen (secondary N) is 3. The molecule has 0 unspecified atom stereocenters. The van der Waals surface area contributed by atoms with Gasteiger partial charge in [-0.25, -0.2) is 9.78 Å². The second-order valence-corrected chi connectivity index (χ2v) is 13.9. The first-order valence-corrected chi connectivity index (χ1v) is 18.5. The number of nitrogens with zero attached hydrogens (tertiary/aromatic N) is 5. The topological polar surface area (TPSA) is 178 Å². The molecule has 2 fully saturated rings. The quantitative estimate of drug-likeness (QED) is 0.101. The Labute approximate surface area is 321 Å². The molecule has 13 nitrogen and oxygen atoms in total. The summed E-state index contributed by atoms with van der Waals surface area (Å²) in [6.07, 6.45) is -4.05. The third-order valence-electron chi connectivity index (χ3n) is 10.1. The van der Waals surface area contributed by atoms with Gasteiger partial charge in [-0.15, -0.1) is 0 Å². The van der Waals surface area contributed by atoms with Crippen molar-refractivity contribution in [2.24, 2.45) is 0 Å². The van der Waals surface area contributed by atoms with Crippen LogP contribution >= 0.6 is 0 Å². The number of carboxylic acid groups (broad SMARTS) is 1. The maximum absolute atomic E-state index is 12.2. The number of aliphatic hydroxyl groups excluding tert-OH is 2. The molecule has 2 aromatic heterocycles. The van der Waals surface area contributed by atoms with E-state index in [1.807, 2.05) is 22.8 Å². The van der Waals surface area contributed by atoms with Gasteiger partial charge in [-0.2, -0.15) is 23.1 Å². The van der Waals surface area contributed by atoms with E-state index in [1.54, 1.807) is 13.3 Å². The largest absolute Gasteiger partial charge is 0.490 e. The number of fused-ring (bicyclic) bond motifs is 1. The van der Waals surface area contributed by atoms with Crippen LogP contribution < -0.4 is 16.0 Å². The summed E-state index contributed by atoms with van der Waals surface area (Å²) in [7, 11) is 0. The van der Waals surface area contributed by atoms with Crippen molar-refractivity contribution in [1.29, 1.82) is 0 Å². The number of likely N-dealkylation sites (tertiary alicyclic amines) is 1. The number of imidazole rings is 1. The molecular formula is C40H45F3N8O5. The summed E-state index contributed by atoms with van der Waals surface area (Å²) in [6.45, 7) is 5.03. The highest BCUT2D eigenvalue weighted by Gasteiger charge is 2.44. The molecule has 2 aliphatic rings. The van der Waals surface area contributed by atoms with Crippen molar-refractivity contribution in [2.75, 3.05) is 30.3 Å². The molecule has 0 spiro atoms. The van der Waals surface area contributed by atoms with Crippen LogP contribution in [0.25, 0.3) is 11.2 Å². The fourth-order valence-electron chi connectivity index (χ4n) is 7.20. The fourth-order valence-corrected chi connectivity index (χ4v) is 7.20. The van der Waals surface area contributed by atoms with Crippen molar-refractivity contribution < 1.29 is 38.1 Å². The van der Waals surface area contributed by atoms with Crippen molar-refractivity contribution in [1.82, 2.24) is 29.7 Å². The standard InChI is InChI=1S/C38H44N8O3.C2HF3O2/c1-2-32(47)42-30-20-31(35(49)34(30)48)46-24-40-33-36(39-21-29(26-14-8-4-9-15-26)27-16-10-5-11-17-27)43-38(44-37(33)46)41-28-18-19-45(23-28)22-25-12-6-3-7-13-25;3-2(4,5)1(6)7/h3-17,24,28-31,34-35,48-49H,2,18-23H2,1H3,(H,42,47)(H2,39,41,43,44);(H,6,7)/t28-,30+,31-,34-,35+;/m1./s1. The number of halogens is 3. The number of amides is 1. The van der Waals surface area contributed by atoms with Gasteiger partial charge >= 0.3 is 12.1 Å². The molecule has 5 aromatic rings. The Balaban J connectivity index is 0.000000695. The molecule has 296 valence electrons. The van der Waals surface area contributed by atoms with E-state index in [9.17, 15) is 28.2 Å². The number of carbonyl (C=O) groups excluding carboxylic acids is 1. The fraction of sp³-hybridized carbons (Fsp3) is 0.375. The number of carboxylic acids is 1. The lowest BCUT2D eigenvalue weighted by Gasteiger charge is -2.21. The number of hydrogen-bond acceptors (Lipinski definition) is 10. The molecule has 7 rings (SSSR count). The minimum absolute atomic E-state index is 0.0574. The van der Waals surface area contributed by atoms with Gasteiger partial charge in [0.15, 0.2) is 17.0 Å². The smallest absolute Gasteiger partial charge is 0.475 e. The Kier molecular flexibility index (Phi) is 12.8. The summed E-state index contributed by atoms with van der Waals surface area (Å²) in [5, 5.41) is 39.2. The van der Waals surface area contributed by atoms with Crippen molar-refractivity contribution in [3.05, 3.63) is 114 Å². The van der Waals surface area contributed by atoms with Gasteiger partial charge in [-0.1, -0.05) is 97.9 Å². The number of carbonyl (C=O) groups is 2. The first-order valence-electron chi connectivity index (χ1n) is 18.5. The summed E-state index contributed by atoms with van der Waals surface area (Å²) in [4.78, 5) is 38.2. The first-order chi connectivity index (χ1) is 26.9. The summed E-state index contributed by atoms with van der Waals surface area (Å²) >= 11 is 0. The molecule has 0 bridgehead atoms. The van der Waals surface area contributed by atoms with Crippen LogP contribution in [0.2, 0.25) is 0 Å². The number of rotatable bonds is 12. The lowest BCUT2D eigenvalue weighted by atomic mass is 9.91. The van der Waals surface area contributed by atoms with Gasteiger partial charge in [0.1, 0.15) is 12.2 Å². The van der Waals surface area contributed by atoms with E-state index in [1.165, 1.54) is 16.7 Å². The number of aromatic nitrogens is 4. The lowest BCUT2D eigenvalue weighted by Crippen LogP contribution is -2.42. The van der Waals surface area contributed by atoms with E-state index in [2.05, 4.69) is 93.6 Å². The van der Waals surface area contributed by atoms with Gasteiger partial charge in [0.2, 0.25) is 11.9 Å². The van der Waals surface area contributed by atoms with Gasteiger partial charge in [-0.05, 0) is 29.5 Å². The molecule has 1 amide bonds. The number of hydrogen-bond donors (Lipinski definition) is 6. The highest BCUT2D eigenvalue weighted by Crippen LogP contribution is 2.35. The molecule has 1 saturated heterocycles. The Morgan fingerprint density at radius 2 is 1.52 bits per heavy atom. The lowest BCUT2D eigenvalue weighted by molar-refractivity contribution is -0.192. The SMILES string of the molecule is CCC(=O)N[C@H]1C[C@@H](n2cnc3c(NCC(c4ccccc4)c4ccccc4)nc(N[C@@H]4CCN(Cc5ccccc5)C4)nc32)[C@H](O)[C@@H]1O.O=C(O)C(F)(F)F. The Bertz CT molecular complexity index is 2020. The predicted molar refractivity (Wildman–Crippen MR) is 204 cm³/mol. The molecule has 0 radical (unpaired) electrons. The van der Waals surface area contributed by atoms with Gasteiger partial charge in [0.05, 0.1) is 18.4 Å². The summed E-state index contributed by atoms with van der Waals surface area (Å²) in [5.41, 5.74) is 4.78. The van der Waals surface area contributed by atoms with Crippen LogP contribution in [0.15, 0.2) is 97.3 Å². The summed E-state index contributed by atoms with van der Waals surface area (Å²) in [6, 6.07) is 30.3.